The van der Waals surface area contributed by atoms with Crippen LogP contribution in [0, 0.1) is 0 Å². The molecule has 1 N–H and O–H groups in total. The fourth-order valence-electron chi connectivity index (χ4n) is 2.70. The van der Waals surface area contributed by atoms with Crippen LogP contribution < -0.4 is 10.1 Å². The number of aromatic nitrogens is 2. The third-order valence-electron chi connectivity index (χ3n) is 4.15. The van der Waals surface area contributed by atoms with Gasteiger partial charge < -0.3 is 15.0 Å². The second-order valence-electron chi connectivity index (χ2n) is 6.12. The first-order chi connectivity index (χ1) is 13.2. The van der Waals surface area contributed by atoms with Crippen molar-refractivity contribution in [1.82, 2.24) is 15.1 Å². The lowest BCUT2D eigenvalue weighted by Crippen LogP contribution is -2.27. The van der Waals surface area contributed by atoms with E-state index >= 15 is 0 Å². The Morgan fingerprint density at radius 3 is 2.44 bits per heavy atom. The number of amides is 1. The molecule has 6 nitrogen and oxygen atoms in total. The maximum Gasteiger partial charge on any atom is 0.274 e. The molecule has 1 amide bonds. The van der Waals surface area contributed by atoms with Crippen molar-refractivity contribution >= 4 is 11.7 Å². The van der Waals surface area contributed by atoms with E-state index in [0.717, 1.165) is 16.9 Å². The van der Waals surface area contributed by atoms with Gasteiger partial charge >= 0.3 is 0 Å². The van der Waals surface area contributed by atoms with E-state index in [1.807, 2.05) is 54.6 Å². The highest BCUT2D eigenvalue weighted by Crippen LogP contribution is 2.18. The molecule has 6 heteroatoms. The van der Waals surface area contributed by atoms with Gasteiger partial charge in [-0.15, -0.1) is 10.2 Å². The summed E-state index contributed by atoms with van der Waals surface area (Å²) in [5.41, 5.74) is 2.40. The number of nitrogens with zero attached hydrogens (tertiary/aromatic N) is 3. The molecule has 2 aromatic carbocycles. The van der Waals surface area contributed by atoms with Crippen molar-refractivity contribution in [3.05, 3.63) is 83.6 Å². The van der Waals surface area contributed by atoms with E-state index in [1.54, 1.807) is 31.2 Å². The summed E-state index contributed by atoms with van der Waals surface area (Å²) in [4.78, 5) is 14.1. The van der Waals surface area contributed by atoms with Gasteiger partial charge in [-0.1, -0.05) is 48.5 Å². The summed E-state index contributed by atoms with van der Waals surface area (Å²) in [7, 11) is 3.40. The average molecular weight is 362 g/mol. The number of nitrogens with one attached hydrogen (secondary N) is 1. The Balaban J connectivity index is 1.60. The maximum atomic E-state index is 12.5. The topological polar surface area (TPSA) is 67.3 Å². The molecule has 138 valence electrons. The van der Waals surface area contributed by atoms with Gasteiger partial charge in [-0.2, -0.15) is 0 Å². The van der Waals surface area contributed by atoms with Crippen molar-refractivity contribution in [2.24, 2.45) is 0 Å². The van der Waals surface area contributed by atoms with Crippen LogP contribution in [0.4, 0.5) is 5.82 Å². The van der Waals surface area contributed by atoms with Crippen LogP contribution >= 0.6 is 0 Å². The first kappa shape index (κ1) is 18.4. The Morgan fingerprint density at radius 2 is 1.74 bits per heavy atom. The number of hydrogen-bond acceptors (Lipinski definition) is 5. The number of para-hydroxylation sites is 1. The molecule has 0 spiro atoms. The molecule has 0 aliphatic rings. The molecule has 0 aliphatic heterocycles. The Labute approximate surface area is 158 Å². The average Bonchev–Trinajstić information content (AvgIpc) is 2.73. The van der Waals surface area contributed by atoms with Crippen molar-refractivity contribution in [3.63, 3.8) is 0 Å². The zero-order chi connectivity index (χ0) is 19.1. The molecule has 0 saturated heterocycles. The standard InChI is InChI=1S/C21H22N4O2/c1-25(15-16-8-4-3-5-9-16)21(26)18-12-13-20(24-23-18)22-14-17-10-6-7-11-19(17)27-2/h3-13H,14-15H2,1-2H3,(H,22,24). The van der Waals surface area contributed by atoms with Gasteiger partial charge in [0.15, 0.2) is 5.69 Å². The van der Waals surface area contributed by atoms with Crippen LogP contribution in [-0.4, -0.2) is 35.2 Å². The van der Waals surface area contributed by atoms with E-state index in [-0.39, 0.29) is 5.91 Å². The predicted molar refractivity (Wildman–Crippen MR) is 105 cm³/mol. The van der Waals surface area contributed by atoms with E-state index in [4.69, 9.17) is 4.74 Å². The summed E-state index contributed by atoms with van der Waals surface area (Å²) >= 11 is 0. The van der Waals surface area contributed by atoms with Crippen LogP contribution in [0.3, 0.4) is 0 Å². The molecular formula is C21H22N4O2. The number of carbonyl (C=O) groups is 1. The van der Waals surface area contributed by atoms with Crippen molar-refractivity contribution in [1.29, 1.82) is 0 Å². The van der Waals surface area contributed by atoms with Crippen molar-refractivity contribution in [2.75, 3.05) is 19.5 Å². The third kappa shape index (κ3) is 4.82. The van der Waals surface area contributed by atoms with E-state index in [0.29, 0.717) is 24.6 Å². The van der Waals surface area contributed by atoms with Crippen LogP contribution in [0.1, 0.15) is 21.6 Å². The Hall–Kier alpha value is -3.41. The minimum Gasteiger partial charge on any atom is -0.496 e. The van der Waals surface area contributed by atoms with E-state index in [1.165, 1.54) is 0 Å². The first-order valence-corrected chi connectivity index (χ1v) is 8.66. The zero-order valence-electron chi connectivity index (χ0n) is 15.4. The third-order valence-corrected chi connectivity index (χ3v) is 4.15. The summed E-state index contributed by atoms with van der Waals surface area (Å²) in [5, 5.41) is 11.4. The number of ether oxygens (including phenoxy) is 1. The van der Waals surface area contributed by atoms with Crippen LogP contribution in [0.25, 0.3) is 0 Å². The maximum absolute atomic E-state index is 12.5. The molecule has 3 aromatic rings. The highest BCUT2D eigenvalue weighted by atomic mass is 16.5. The van der Waals surface area contributed by atoms with Crippen LogP contribution in [-0.2, 0) is 13.1 Å². The second-order valence-corrected chi connectivity index (χ2v) is 6.12. The minimum absolute atomic E-state index is 0.164. The zero-order valence-corrected chi connectivity index (χ0v) is 15.4. The lowest BCUT2D eigenvalue weighted by molar-refractivity contribution is 0.0778. The number of hydrogen-bond donors (Lipinski definition) is 1. The smallest absolute Gasteiger partial charge is 0.274 e. The lowest BCUT2D eigenvalue weighted by Gasteiger charge is -2.16. The molecule has 3 rings (SSSR count). The van der Waals surface area contributed by atoms with Crippen LogP contribution in [0.5, 0.6) is 5.75 Å². The normalized spacial score (nSPS) is 10.3. The monoisotopic (exact) mass is 362 g/mol. The van der Waals surface area contributed by atoms with Crippen LogP contribution in [0.2, 0.25) is 0 Å². The van der Waals surface area contributed by atoms with Crippen molar-refractivity contribution < 1.29 is 9.53 Å². The lowest BCUT2D eigenvalue weighted by atomic mass is 10.2. The molecule has 0 bridgehead atoms. The molecule has 0 aliphatic carbocycles. The number of benzene rings is 2. The molecular weight excluding hydrogens is 340 g/mol. The summed E-state index contributed by atoms with van der Waals surface area (Å²) in [6.45, 7) is 1.08. The fraction of sp³-hybridized carbons (Fsp3) is 0.190. The van der Waals surface area contributed by atoms with E-state index in [2.05, 4.69) is 15.5 Å². The largest absolute Gasteiger partial charge is 0.496 e. The number of methoxy groups -OCH3 is 1. The predicted octanol–water partition coefficient (Wildman–Crippen LogP) is 3.37. The molecule has 0 atom stereocenters. The fourth-order valence-corrected chi connectivity index (χ4v) is 2.70. The van der Waals surface area contributed by atoms with E-state index < -0.39 is 0 Å². The number of rotatable bonds is 7. The van der Waals surface area contributed by atoms with Gasteiger partial charge in [0.25, 0.3) is 5.91 Å². The second kappa shape index (κ2) is 8.80. The number of anilines is 1. The highest BCUT2D eigenvalue weighted by Gasteiger charge is 2.14. The minimum atomic E-state index is -0.164. The Bertz CT molecular complexity index is 882. The summed E-state index contributed by atoms with van der Waals surface area (Å²) in [6, 6.07) is 21.0. The molecule has 1 aromatic heterocycles. The SMILES string of the molecule is COc1ccccc1CNc1ccc(C(=O)N(C)Cc2ccccc2)nn1. The molecule has 1 heterocycles. The number of carbonyl (C=O) groups excluding carboxylic acids is 1. The first-order valence-electron chi connectivity index (χ1n) is 8.66. The van der Waals surface area contributed by atoms with Gasteiger partial charge in [0, 0.05) is 25.7 Å². The van der Waals surface area contributed by atoms with Gasteiger partial charge in [-0.25, -0.2) is 0 Å². The van der Waals surface area contributed by atoms with E-state index in [9.17, 15) is 4.79 Å². The Kier molecular flexibility index (Phi) is 5.99. The quantitative estimate of drug-likeness (QED) is 0.698. The Morgan fingerprint density at radius 1 is 1.00 bits per heavy atom. The molecule has 0 saturated carbocycles. The summed E-state index contributed by atoms with van der Waals surface area (Å²) < 4.78 is 5.33. The van der Waals surface area contributed by atoms with Gasteiger partial charge in [0.2, 0.25) is 0 Å². The van der Waals surface area contributed by atoms with Gasteiger partial charge in [-0.05, 0) is 23.8 Å². The van der Waals surface area contributed by atoms with Gasteiger partial charge in [0.1, 0.15) is 11.6 Å². The van der Waals surface area contributed by atoms with Crippen LogP contribution in [0.15, 0.2) is 66.7 Å². The summed E-state index contributed by atoms with van der Waals surface area (Å²) in [6.07, 6.45) is 0. The van der Waals surface area contributed by atoms with Crippen molar-refractivity contribution in [2.45, 2.75) is 13.1 Å². The van der Waals surface area contributed by atoms with Gasteiger partial charge in [0.05, 0.1) is 7.11 Å². The molecule has 27 heavy (non-hydrogen) atoms. The summed E-state index contributed by atoms with van der Waals surface area (Å²) in [5.74, 6) is 1.25. The van der Waals surface area contributed by atoms with Crippen molar-refractivity contribution in [3.8, 4) is 5.75 Å². The molecule has 0 unspecified atom stereocenters. The molecule has 0 fully saturated rings. The van der Waals surface area contributed by atoms with Gasteiger partial charge in [-0.3, -0.25) is 4.79 Å². The highest BCUT2D eigenvalue weighted by molar-refractivity contribution is 5.92. The molecule has 0 radical (unpaired) electrons.